The molecule has 8 nitrogen and oxygen atoms in total. The van der Waals surface area contributed by atoms with Crippen molar-refractivity contribution in [1.82, 2.24) is 10.6 Å². The highest BCUT2D eigenvalue weighted by Gasteiger charge is 2.35. The van der Waals surface area contributed by atoms with E-state index >= 15 is 0 Å². The predicted molar refractivity (Wildman–Crippen MR) is 214 cm³/mol. The van der Waals surface area contributed by atoms with Gasteiger partial charge in [-0.25, -0.2) is 35.9 Å². The summed E-state index contributed by atoms with van der Waals surface area (Å²) in [5.41, 5.74) is -3.25. The third-order valence-electron chi connectivity index (χ3n) is 8.83. The van der Waals surface area contributed by atoms with Crippen molar-refractivity contribution in [3.8, 4) is 22.3 Å². The van der Waals surface area contributed by atoms with Crippen molar-refractivity contribution in [2.24, 2.45) is 0 Å². The molecule has 0 saturated carbocycles. The molecule has 0 saturated heterocycles. The average Bonchev–Trinajstić information content (AvgIpc) is 3.21. The van der Waals surface area contributed by atoms with Crippen molar-refractivity contribution in [2.45, 2.75) is 6.18 Å². The van der Waals surface area contributed by atoms with E-state index in [1.54, 1.807) is 10.6 Å². The van der Waals surface area contributed by atoms with Gasteiger partial charge in [0.05, 0.1) is 11.3 Å². The molecule has 0 bridgehead atoms. The number of halogens is 11. The number of nitrogens with one attached hydrogen (secondary N) is 2. The Bertz CT molecular complexity index is 2640. The molecule has 0 aliphatic carbocycles. The molecule has 62 heavy (non-hydrogen) atoms. The Balaban J connectivity index is 0.000000235. The van der Waals surface area contributed by atoms with Gasteiger partial charge in [0.1, 0.15) is 46.0 Å². The van der Waals surface area contributed by atoms with Crippen LogP contribution in [0.25, 0.3) is 22.3 Å². The van der Waals surface area contributed by atoms with Crippen molar-refractivity contribution >= 4 is 58.5 Å². The number of alkyl halides is 3. The van der Waals surface area contributed by atoms with E-state index in [1.807, 2.05) is 0 Å². The molecule has 0 aliphatic rings. The van der Waals surface area contributed by atoms with Crippen LogP contribution in [-0.2, 0) is 6.18 Å². The van der Waals surface area contributed by atoms with E-state index in [4.69, 9.17) is 23.2 Å². The molecule has 6 aromatic carbocycles. The molecular weight excluding hydrogens is 878 g/mol. The van der Waals surface area contributed by atoms with E-state index in [0.29, 0.717) is 20.5 Å². The average molecular weight is 906 g/mol. The quantitative estimate of drug-likeness (QED) is 0.163. The molecule has 0 atom stereocenters. The highest BCUT2D eigenvalue weighted by Crippen LogP contribution is 2.39. The SMILES string of the molecule is CN(C(=O)NC(=O)c1c(F)cccc1F)c1cc(F)c(-c2ccc(Cl)cc2)cc1F.CN(C(=O)NC(=O)c1c(F)cccc1F)c1ccc(-c2ccc(Cl)cc2)c(C(F)(F)F)c1. The zero-order valence-electron chi connectivity index (χ0n) is 31.7. The first-order valence-electron chi connectivity index (χ1n) is 17.5. The number of carbonyl (C=O) groups is 4. The second kappa shape index (κ2) is 19.2. The highest BCUT2D eigenvalue weighted by atomic mass is 35.5. The van der Waals surface area contributed by atoms with Gasteiger partial charge >= 0.3 is 18.2 Å². The molecule has 6 amide bonds. The summed E-state index contributed by atoms with van der Waals surface area (Å²) in [5, 5.41) is 4.27. The van der Waals surface area contributed by atoms with Gasteiger partial charge in [-0.2, -0.15) is 13.2 Å². The fourth-order valence-corrected chi connectivity index (χ4v) is 5.90. The lowest BCUT2D eigenvalue weighted by Crippen LogP contribution is -2.41. The Morgan fingerprint density at radius 2 is 0.919 bits per heavy atom. The molecule has 6 rings (SSSR count). The molecule has 0 aliphatic heterocycles. The van der Waals surface area contributed by atoms with Gasteiger partial charge in [-0.15, -0.1) is 0 Å². The lowest BCUT2D eigenvalue weighted by atomic mass is 9.98. The van der Waals surface area contributed by atoms with Crippen LogP contribution in [0.1, 0.15) is 26.3 Å². The summed E-state index contributed by atoms with van der Waals surface area (Å²) in [6, 6.07) is 19.6. The first-order valence-corrected chi connectivity index (χ1v) is 18.2. The van der Waals surface area contributed by atoms with Crippen molar-refractivity contribution in [1.29, 1.82) is 0 Å². The zero-order valence-corrected chi connectivity index (χ0v) is 33.2. The van der Waals surface area contributed by atoms with Crippen LogP contribution in [0, 0.1) is 34.9 Å². The van der Waals surface area contributed by atoms with Crippen molar-refractivity contribution in [3.05, 3.63) is 177 Å². The van der Waals surface area contributed by atoms with Crippen LogP contribution >= 0.6 is 23.2 Å². The maximum Gasteiger partial charge on any atom is 0.417 e. The van der Waals surface area contributed by atoms with Crippen LogP contribution in [0.4, 0.5) is 60.5 Å². The van der Waals surface area contributed by atoms with Crippen LogP contribution in [-0.4, -0.2) is 38.0 Å². The minimum atomic E-state index is -4.76. The summed E-state index contributed by atoms with van der Waals surface area (Å²) in [4.78, 5) is 50.1. The van der Waals surface area contributed by atoms with E-state index in [1.165, 1.54) is 60.7 Å². The van der Waals surface area contributed by atoms with Crippen LogP contribution in [0.3, 0.4) is 0 Å². The maximum atomic E-state index is 14.6. The van der Waals surface area contributed by atoms with Gasteiger partial charge in [-0.3, -0.25) is 30.0 Å². The van der Waals surface area contributed by atoms with Crippen LogP contribution < -0.4 is 20.4 Å². The smallest absolute Gasteiger partial charge is 0.297 e. The van der Waals surface area contributed by atoms with E-state index in [2.05, 4.69) is 0 Å². The van der Waals surface area contributed by atoms with Crippen molar-refractivity contribution in [3.63, 3.8) is 0 Å². The second-order valence-corrected chi connectivity index (χ2v) is 13.7. The molecule has 0 unspecified atom stereocenters. The minimum Gasteiger partial charge on any atom is -0.297 e. The monoisotopic (exact) mass is 904 g/mol. The van der Waals surface area contributed by atoms with Gasteiger partial charge in [0.15, 0.2) is 0 Å². The first-order chi connectivity index (χ1) is 29.2. The highest BCUT2D eigenvalue weighted by molar-refractivity contribution is 6.31. The number of carbonyl (C=O) groups excluding carboxylic acids is 4. The zero-order chi connectivity index (χ0) is 45.6. The number of hydrogen-bond acceptors (Lipinski definition) is 4. The topological polar surface area (TPSA) is 98.8 Å². The molecule has 6 aromatic rings. The normalized spacial score (nSPS) is 10.9. The minimum absolute atomic E-state index is 0.0637. The van der Waals surface area contributed by atoms with E-state index < -0.39 is 87.3 Å². The Labute approximate surface area is 356 Å². The summed E-state index contributed by atoms with van der Waals surface area (Å²) >= 11 is 11.6. The van der Waals surface area contributed by atoms with Crippen molar-refractivity contribution in [2.75, 3.05) is 23.9 Å². The number of benzene rings is 6. The van der Waals surface area contributed by atoms with Crippen LogP contribution in [0.5, 0.6) is 0 Å². The number of rotatable bonds is 6. The maximum absolute atomic E-state index is 14.6. The predicted octanol–water partition coefficient (Wildman–Crippen LogP) is 11.8. The van der Waals surface area contributed by atoms with E-state index in [-0.39, 0.29) is 22.4 Å². The van der Waals surface area contributed by atoms with Gasteiger partial charge in [0.2, 0.25) is 0 Å². The Morgan fingerprint density at radius 1 is 0.500 bits per heavy atom. The third kappa shape index (κ3) is 10.7. The summed E-state index contributed by atoms with van der Waals surface area (Å²) in [7, 11) is 2.18. The number of amides is 6. The molecule has 0 spiro atoms. The number of anilines is 2. The molecular formula is C43H27Cl2F9N4O4. The number of imide groups is 2. The third-order valence-corrected chi connectivity index (χ3v) is 9.34. The lowest BCUT2D eigenvalue weighted by Gasteiger charge is -2.21. The number of hydrogen-bond donors (Lipinski definition) is 2. The molecule has 0 aromatic heterocycles. The Hall–Kier alpha value is -6.85. The Kier molecular flexibility index (Phi) is 14.3. The van der Waals surface area contributed by atoms with Crippen molar-refractivity contribution < 1.29 is 58.7 Å². The molecule has 19 heteroatoms. The molecule has 2 N–H and O–H groups in total. The second-order valence-electron chi connectivity index (χ2n) is 12.9. The fourth-order valence-electron chi connectivity index (χ4n) is 5.64. The lowest BCUT2D eigenvalue weighted by molar-refractivity contribution is -0.137. The summed E-state index contributed by atoms with van der Waals surface area (Å²) in [5.74, 6) is -9.25. The summed E-state index contributed by atoms with van der Waals surface area (Å²) in [6.07, 6.45) is -4.76. The van der Waals surface area contributed by atoms with Gasteiger partial charge in [-0.05, 0) is 83.4 Å². The van der Waals surface area contributed by atoms with E-state index in [0.717, 1.165) is 73.6 Å². The van der Waals surface area contributed by atoms with Crippen LogP contribution in [0.15, 0.2) is 115 Å². The number of urea groups is 2. The van der Waals surface area contributed by atoms with Gasteiger partial charge in [-0.1, -0.05) is 65.7 Å². The molecule has 320 valence electrons. The molecule has 0 heterocycles. The summed E-state index contributed by atoms with van der Waals surface area (Å²) < 4.78 is 125. The fraction of sp³-hybridized carbons (Fsp3) is 0.0698. The number of nitrogens with zero attached hydrogens (tertiary/aromatic N) is 2. The molecule has 0 radical (unpaired) electrons. The van der Waals surface area contributed by atoms with Gasteiger partial charge in [0, 0.05) is 41.5 Å². The van der Waals surface area contributed by atoms with E-state index in [9.17, 15) is 58.7 Å². The van der Waals surface area contributed by atoms with Gasteiger partial charge < -0.3 is 0 Å². The largest absolute Gasteiger partial charge is 0.417 e. The molecule has 0 fully saturated rings. The first kappa shape index (κ1) is 46.2. The van der Waals surface area contributed by atoms with Gasteiger partial charge in [0.25, 0.3) is 11.8 Å². The standard InChI is InChI=1S/C22H14ClF5N2O2.C21H13ClF4N2O2/c1-30(21(32)29-20(31)19-17(24)3-2-4-18(19)25)14-9-10-15(16(11-14)22(26,27)28)12-5-7-13(23)8-6-12;1-28(21(30)27-20(29)19-14(23)3-2-4-15(19)24)18-10-16(25)13(9-17(18)26)11-5-7-12(22)8-6-11/h2-11H,1H3,(H,29,31,32);2-10H,1H3,(H,27,29,30). The summed E-state index contributed by atoms with van der Waals surface area (Å²) in [6.45, 7) is 0. The van der Waals surface area contributed by atoms with Crippen LogP contribution in [0.2, 0.25) is 10.0 Å². The Morgan fingerprint density at radius 3 is 1.35 bits per heavy atom.